The van der Waals surface area contributed by atoms with Crippen LogP contribution in [0.1, 0.15) is 6.92 Å². The van der Waals surface area contributed by atoms with E-state index in [1.165, 1.54) is 22.5 Å². The van der Waals surface area contributed by atoms with E-state index in [9.17, 15) is 18.0 Å². The highest BCUT2D eigenvalue weighted by atomic mass is 32.2. The maximum atomic E-state index is 13.1. The van der Waals surface area contributed by atoms with Crippen molar-refractivity contribution in [2.45, 2.75) is 17.9 Å². The lowest BCUT2D eigenvalue weighted by atomic mass is 10.2. The van der Waals surface area contributed by atoms with Crippen molar-refractivity contribution in [3.63, 3.8) is 0 Å². The molecule has 2 aromatic rings. The van der Waals surface area contributed by atoms with E-state index in [2.05, 4.69) is 10.6 Å². The lowest BCUT2D eigenvalue weighted by molar-refractivity contribution is -0.122. The predicted octanol–water partition coefficient (Wildman–Crippen LogP) is 1.95. The summed E-state index contributed by atoms with van der Waals surface area (Å²) in [6.45, 7) is 2.43. The summed E-state index contributed by atoms with van der Waals surface area (Å²) in [4.78, 5) is 26.0. The first-order chi connectivity index (χ1) is 15.3. The summed E-state index contributed by atoms with van der Waals surface area (Å²) >= 11 is 0. The largest absolute Gasteiger partial charge is 0.497 e. The number of benzene rings is 2. The molecule has 2 heterocycles. The van der Waals surface area contributed by atoms with Crippen molar-refractivity contribution >= 4 is 33.3 Å². The average Bonchev–Trinajstić information content (AvgIpc) is 2.79. The Morgan fingerprint density at radius 3 is 2.62 bits per heavy atom. The Bertz CT molecular complexity index is 1140. The number of anilines is 2. The standard InChI is InChI=1S/C21H24N4O6S/c1-14-20(26)23-18-13-17(6-7-19(18)31-14)32(28,29)25-10-8-24(9-11-25)21(27)22-15-4-3-5-16(12-15)30-2/h3-7,12-14H,8-11H2,1-2H3,(H,22,27)(H,23,26). The number of ether oxygens (including phenoxy) is 2. The number of carbonyl (C=O) groups excluding carboxylic acids is 2. The minimum atomic E-state index is -3.79. The van der Waals surface area contributed by atoms with E-state index in [1.807, 2.05) is 0 Å². The number of rotatable bonds is 4. The SMILES string of the molecule is COc1cccc(NC(=O)N2CCN(S(=O)(=O)c3ccc4c(c3)NC(=O)C(C)O4)CC2)c1. The van der Waals surface area contributed by atoms with Gasteiger partial charge in [-0.15, -0.1) is 0 Å². The third-order valence-corrected chi connectivity index (χ3v) is 7.26. The number of methoxy groups -OCH3 is 1. The Morgan fingerprint density at radius 1 is 1.16 bits per heavy atom. The lowest BCUT2D eigenvalue weighted by Gasteiger charge is -2.34. The normalized spacial score (nSPS) is 18.9. The first-order valence-corrected chi connectivity index (χ1v) is 11.5. The summed E-state index contributed by atoms with van der Waals surface area (Å²) < 4.78 is 38.2. The van der Waals surface area contributed by atoms with Gasteiger partial charge >= 0.3 is 6.03 Å². The van der Waals surface area contributed by atoms with Crippen LogP contribution in [0, 0.1) is 0 Å². The van der Waals surface area contributed by atoms with Gasteiger partial charge in [0.05, 0.1) is 17.7 Å². The Morgan fingerprint density at radius 2 is 1.91 bits per heavy atom. The second kappa shape index (κ2) is 8.67. The van der Waals surface area contributed by atoms with Crippen LogP contribution >= 0.6 is 0 Å². The summed E-state index contributed by atoms with van der Waals surface area (Å²) in [7, 11) is -2.25. The van der Waals surface area contributed by atoms with Crippen LogP contribution in [-0.4, -0.2) is 69.0 Å². The molecule has 3 amide bonds. The van der Waals surface area contributed by atoms with Crippen molar-refractivity contribution in [1.82, 2.24) is 9.21 Å². The van der Waals surface area contributed by atoms with Crippen molar-refractivity contribution in [3.05, 3.63) is 42.5 Å². The zero-order valence-corrected chi connectivity index (χ0v) is 18.5. The quantitative estimate of drug-likeness (QED) is 0.720. The van der Waals surface area contributed by atoms with Crippen LogP contribution in [0.3, 0.4) is 0 Å². The van der Waals surface area contributed by atoms with Gasteiger partial charge in [-0.25, -0.2) is 13.2 Å². The van der Waals surface area contributed by atoms with Crippen LogP contribution in [0.25, 0.3) is 0 Å². The number of sulfonamides is 1. The van der Waals surface area contributed by atoms with Gasteiger partial charge in [0.25, 0.3) is 5.91 Å². The molecule has 4 rings (SSSR count). The van der Waals surface area contributed by atoms with Gasteiger partial charge < -0.3 is 25.0 Å². The third kappa shape index (κ3) is 4.34. The van der Waals surface area contributed by atoms with E-state index >= 15 is 0 Å². The van der Waals surface area contributed by atoms with Crippen molar-refractivity contribution < 1.29 is 27.5 Å². The first kappa shape index (κ1) is 21.9. The Kier molecular flexibility index (Phi) is 5.94. The van der Waals surface area contributed by atoms with Crippen LogP contribution in [0.2, 0.25) is 0 Å². The molecule has 2 N–H and O–H groups in total. The molecule has 2 aliphatic heterocycles. The fourth-order valence-corrected chi connectivity index (χ4v) is 4.98. The third-order valence-electron chi connectivity index (χ3n) is 5.37. The van der Waals surface area contributed by atoms with E-state index < -0.39 is 16.1 Å². The van der Waals surface area contributed by atoms with E-state index in [0.29, 0.717) is 22.9 Å². The van der Waals surface area contributed by atoms with E-state index in [4.69, 9.17) is 9.47 Å². The second-order valence-corrected chi connectivity index (χ2v) is 9.40. The average molecular weight is 461 g/mol. The van der Waals surface area contributed by atoms with Crippen LogP contribution in [-0.2, 0) is 14.8 Å². The van der Waals surface area contributed by atoms with Gasteiger partial charge in [-0.1, -0.05) is 6.07 Å². The Balaban J connectivity index is 1.40. The van der Waals surface area contributed by atoms with Gasteiger partial charge in [0.1, 0.15) is 11.5 Å². The monoisotopic (exact) mass is 460 g/mol. The molecule has 2 aliphatic rings. The van der Waals surface area contributed by atoms with Crippen LogP contribution < -0.4 is 20.1 Å². The van der Waals surface area contributed by atoms with Gasteiger partial charge in [-0.3, -0.25) is 4.79 Å². The van der Waals surface area contributed by atoms with E-state index in [0.717, 1.165) is 0 Å². The number of fused-ring (bicyclic) bond motifs is 1. The summed E-state index contributed by atoms with van der Waals surface area (Å²) in [5.41, 5.74) is 0.919. The number of nitrogens with one attached hydrogen (secondary N) is 2. The van der Waals surface area contributed by atoms with E-state index in [1.54, 1.807) is 43.2 Å². The highest BCUT2D eigenvalue weighted by molar-refractivity contribution is 7.89. The van der Waals surface area contributed by atoms with Crippen LogP contribution in [0.5, 0.6) is 11.5 Å². The smallest absolute Gasteiger partial charge is 0.321 e. The molecule has 0 bridgehead atoms. The molecule has 0 aliphatic carbocycles. The maximum Gasteiger partial charge on any atom is 0.321 e. The Hall–Kier alpha value is -3.31. The molecule has 11 heteroatoms. The molecule has 32 heavy (non-hydrogen) atoms. The fourth-order valence-electron chi connectivity index (χ4n) is 3.53. The molecular weight excluding hydrogens is 436 g/mol. The fraction of sp³-hybridized carbons (Fsp3) is 0.333. The maximum absolute atomic E-state index is 13.1. The molecular formula is C21H24N4O6S. The summed E-state index contributed by atoms with van der Waals surface area (Å²) in [6, 6.07) is 11.1. The van der Waals surface area contributed by atoms with Gasteiger partial charge in [0, 0.05) is 37.9 Å². The molecule has 1 atom stereocenters. The molecule has 1 unspecified atom stereocenters. The molecule has 1 fully saturated rings. The van der Waals surface area contributed by atoms with Gasteiger partial charge in [-0.05, 0) is 37.3 Å². The highest BCUT2D eigenvalue weighted by Crippen LogP contribution is 2.33. The van der Waals surface area contributed by atoms with Crippen LogP contribution in [0.15, 0.2) is 47.4 Å². The topological polar surface area (TPSA) is 117 Å². The summed E-state index contributed by atoms with van der Waals surface area (Å²) in [6.07, 6.45) is -0.638. The molecule has 0 aromatic heterocycles. The number of piperazine rings is 1. The van der Waals surface area contributed by atoms with Crippen molar-refractivity contribution in [3.8, 4) is 11.5 Å². The zero-order valence-electron chi connectivity index (χ0n) is 17.7. The summed E-state index contributed by atoms with van der Waals surface area (Å²) in [5, 5.41) is 5.46. The molecule has 170 valence electrons. The zero-order chi connectivity index (χ0) is 22.9. The molecule has 0 spiro atoms. The van der Waals surface area contributed by atoms with Gasteiger partial charge in [-0.2, -0.15) is 4.31 Å². The highest BCUT2D eigenvalue weighted by Gasteiger charge is 2.32. The van der Waals surface area contributed by atoms with Crippen molar-refractivity contribution in [2.24, 2.45) is 0 Å². The molecule has 2 aromatic carbocycles. The molecule has 0 radical (unpaired) electrons. The van der Waals surface area contributed by atoms with E-state index in [-0.39, 0.29) is 43.0 Å². The molecule has 10 nitrogen and oxygen atoms in total. The first-order valence-electron chi connectivity index (χ1n) is 10.1. The second-order valence-electron chi connectivity index (χ2n) is 7.46. The van der Waals surface area contributed by atoms with Crippen molar-refractivity contribution in [1.29, 1.82) is 0 Å². The number of amides is 3. The minimum Gasteiger partial charge on any atom is -0.497 e. The number of urea groups is 1. The number of nitrogens with zero attached hydrogens (tertiary/aromatic N) is 2. The lowest BCUT2D eigenvalue weighted by Crippen LogP contribution is -2.51. The summed E-state index contributed by atoms with van der Waals surface area (Å²) in [5.74, 6) is 0.720. The minimum absolute atomic E-state index is 0.0592. The van der Waals surface area contributed by atoms with Gasteiger partial charge in [0.15, 0.2) is 6.10 Å². The van der Waals surface area contributed by atoms with Gasteiger partial charge in [0.2, 0.25) is 10.0 Å². The molecule has 1 saturated heterocycles. The van der Waals surface area contributed by atoms with Crippen LogP contribution in [0.4, 0.5) is 16.2 Å². The number of hydrogen-bond acceptors (Lipinski definition) is 6. The molecule has 0 saturated carbocycles. The number of hydrogen-bond donors (Lipinski definition) is 2. The predicted molar refractivity (Wildman–Crippen MR) is 118 cm³/mol. The number of carbonyl (C=O) groups is 2. The Labute approximate surface area is 186 Å². The van der Waals surface area contributed by atoms with Crippen molar-refractivity contribution in [2.75, 3.05) is 43.9 Å².